The van der Waals surface area contributed by atoms with Crippen molar-refractivity contribution >= 4 is 11.8 Å². The Morgan fingerprint density at radius 2 is 0.772 bits per heavy atom. The number of hydrogen-bond donors (Lipinski definition) is 2. The normalized spacial score (nSPS) is 15.2. The number of methoxy groups -OCH3 is 4. The van der Waals surface area contributed by atoms with Crippen LogP contribution in [0.2, 0.25) is 0 Å². The molecule has 0 aliphatic carbocycles. The van der Waals surface area contributed by atoms with E-state index in [9.17, 15) is 19.8 Å². The van der Waals surface area contributed by atoms with E-state index in [0.717, 1.165) is 128 Å². The van der Waals surface area contributed by atoms with E-state index in [1.54, 1.807) is 38.2 Å². The maximum atomic E-state index is 13.6. The molecule has 7 aromatic rings. The van der Waals surface area contributed by atoms with Crippen LogP contribution in [-0.2, 0) is 32.1 Å². The molecule has 2 aliphatic heterocycles. The zero-order chi connectivity index (χ0) is 56.1. The van der Waals surface area contributed by atoms with Crippen LogP contribution in [0, 0.1) is 34.6 Å². The fourth-order valence-electron chi connectivity index (χ4n) is 12.2. The number of likely N-dealkylation sites (tertiary alicyclic amines) is 2. The first-order valence-electron chi connectivity index (χ1n) is 28.0. The van der Waals surface area contributed by atoms with Crippen LogP contribution >= 0.6 is 0 Å². The number of nitrogens with zero attached hydrogens (tertiary/aromatic N) is 2. The van der Waals surface area contributed by atoms with Gasteiger partial charge >= 0.3 is 0 Å². The highest BCUT2D eigenvalue weighted by Gasteiger charge is 2.30. The molecule has 2 fully saturated rings. The van der Waals surface area contributed by atoms with Gasteiger partial charge in [0.15, 0.2) is 0 Å². The number of aliphatic hydroxyl groups excluding tert-OH is 2. The topological polar surface area (TPSA) is 118 Å². The Morgan fingerprint density at radius 3 is 1.13 bits per heavy atom. The smallest absolute Gasteiger partial charge is 0.254 e. The van der Waals surface area contributed by atoms with Crippen LogP contribution in [-0.4, -0.2) is 98.7 Å². The molecule has 412 valence electrons. The molecule has 2 aliphatic rings. The molecule has 0 bridgehead atoms. The molecule has 2 heterocycles. The van der Waals surface area contributed by atoms with Gasteiger partial charge in [0.2, 0.25) is 0 Å². The Balaban J connectivity index is 0.998. The number of benzene rings is 7. The lowest BCUT2D eigenvalue weighted by Crippen LogP contribution is -2.37. The molecule has 0 radical (unpaired) electrons. The predicted molar refractivity (Wildman–Crippen MR) is 316 cm³/mol. The third-order valence-corrected chi connectivity index (χ3v) is 16.9. The Hall–Kier alpha value is -7.40. The molecular formula is C69H78N2O8. The molecule has 0 unspecified atom stereocenters. The molecule has 0 aromatic heterocycles. The van der Waals surface area contributed by atoms with Gasteiger partial charge in [0.25, 0.3) is 11.8 Å². The number of carbonyl (C=O) groups is 2. The van der Waals surface area contributed by atoms with Crippen molar-refractivity contribution in [1.29, 1.82) is 0 Å². The predicted octanol–water partition coefficient (Wildman–Crippen LogP) is 12.7. The van der Waals surface area contributed by atoms with Crippen LogP contribution < -0.4 is 18.9 Å². The van der Waals surface area contributed by atoms with E-state index in [-0.39, 0.29) is 37.1 Å². The second-order valence-corrected chi connectivity index (χ2v) is 21.9. The molecule has 2 N–H and O–H groups in total. The van der Waals surface area contributed by atoms with Crippen LogP contribution in [0.1, 0.15) is 131 Å². The molecule has 7 aromatic carbocycles. The molecule has 10 heteroatoms. The van der Waals surface area contributed by atoms with E-state index < -0.39 is 0 Å². The third kappa shape index (κ3) is 12.0. The SMILES string of the molecule is CCc1cc(C)c(Cc2cc(C)c(Cc3cc(C)c(Cc4cc(C)c(Cc5cc(-c6ccc(C(=O)N7CCC[C@H]7CO)cc6)c(C)cc5-c5ccc(C(=O)N6CCC[C@@H]6CO)cc5)cc4OC)cc3OC)cc2OC)cc1OC. The second kappa shape index (κ2) is 24.7. The summed E-state index contributed by atoms with van der Waals surface area (Å²) in [6, 6.07) is 37.7. The van der Waals surface area contributed by atoms with Crippen molar-refractivity contribution in [3.05, 3.63) is 198 Å². The van der Waals surface area contributed by atoms with Crippen molar-refractivity contribution in [3.8, 4) is 45.3 Å². The molecule has 9 rings (SSSR count). The molecule has 2 atom stereocenters. The maximum absolute atomic E-state index is 13.6. The molecule has 2 amide bonds. The van der Waals surface area contributed by atoms with E-state index in [1.165, 1.54) is 33.4 Å². The first-order valence-corrected chi connectivity index (χ1v) is 28.0. The Kier molecular flexibility index (Phi) is 17.6. The lowest BCUT2D eigenvalue weighted by molar-refractivity contribution is 0.0672. The van der Waals surface area contributed by atoms with E-state index in [4.69, 9.17) is 18.9 Å². The van der Waals surface area contributed by atoms with Gasteiger partial charge in [0.05, 0.1) is 53.7 Å². The summed E-state index contributed by atoms with van der Waals surface area (Å²) >= 11 is 0. The van der Waals surface area contributed by atoms with Crippen molar-refractivity contribution < 1.29 is 38.7 Å². The van der Waals surface area contributed by atoms with Gasteiger partial charge in [-0.25, -0.2) is 0 Å². The summed E-state index contributed by atoms with van der Waals surface area (Å²) in [6.45, 7) is 14.2. The minimum absolute atomic E-state index is 0.0300. The van der Waals surface area contributed by atoms with Gasteiger partial charge in [-0.15, -0.1) is 0 Å². The van der Waals surface area contributed by atoms with E-state index in [2.05, 4.69) is 102 Å². The maximum Gasteiger partial charge on any atom is 0.254 e. The minimum atomic E-state index is -0.149. The quantitative estimate of drug-likeness (QED) is 0.0822. The molecule has 10 nitrogen and oxygen atoms in total. The van der Waals surface area contributed by atoms with Gasteiger partial charge in [0.1, 0.15) is 23.0 Å². The Bertz CT molecular complexity index is 3360. The van der Waals surface area contributed by atoms with Crippen molar-refractivity contribution in [2.24, 2.45) is 0 Å². The first kappa shape index (κ1) is 56.3. The third-order valence-electron chi connectivity index (χ3n) is 16.9. The highest BCUT2D eigenvalue weighted by atomic mass is 16.5. The van der Waals surface area contributed by atoms with Crippen LogP contribution in [0.3, 0.4) is 0 Å². The van der Waals surface area contributed by atoms with E-state index >= 15 is 0 Å². The molecule has 0 spiro atoms. The van der Waals surface area contributed by atoms with Gasteiger partial charge in [-0.3, -0.25) is 9.59 Å². The van der Waals surface area contributed by atoms with E-state index in [1.807, 2.05) is 48.5 Å². The number of aliphatic hydroxyl groups is 2. The van der Waals surface area contributed by atoms with Gasteiger partial charge in [-0.2, -0.15) is 0 Å². The summed E-state index contributed by atoms with van der Waals surface area (Å²) in [5, 5.41) is 19.9. The number of carbonyl (C=O) groups excluding carboxylic acids is 2. The van der Waals surface area contributed by atoms with E-state index in [0.29, 0.717) is 43.5 Å². The molecule has 2 saturated heterocycles. The van der Waals surface area contributed by atoms with Crippen LogP contribution in [0.25, 0.3) is 22.3 Å². The fraction of sp³-hybridized carbons (Fsp3) is 0.362. The number of ether oxygens (including phenoxy) is 4. The standard InChI is InChI=1S/C69H78N2O8/c1-11-47-26-42(2)53(36-64(47)76-7)32-58-28-44(4)55(38-66(58)78-9)34-59-29-45(5)54(39-67(59)79-10)33-57-27-43(3)52(37-65(57)77-8)31-56-35-62(48-16-20-50(21-17-48)68(74)70-24-12-14-60(70)40-72)46(6)30-63(56)49-18-22-51(23-19-49)69(75)71-25-13-15-61(71)41-73/h16-23,26-30,35-39,60-61,72-73H,11-15,24-25,31-34,40-41H2,1-10H3/t60-,61+/m0/s1. The summed E-state index contributed by atoms with van der Waals surface area (Å²) in [5.74, 6) is 3.33. The number of aryl methyl sites for hydroxylation is 6. The van der Waals surface area contributed by atoms with Gasteiger partial charge in [0, 0.05) is 43.5 Å². The zero-order valence-corrected chi connectivity index (χ0v) is 48.0. The van der Waals surface area contributed by atoms with Gasteiger partial charge in [-0.1, -0.05) is 61.5 Å². The highest BCUT2D eigenvalue weighted by Crippen LogP contribution is 2.39. The Morgan fingerprint density at radius 1 is 0.430 bits per heavy atom. The molecule has 79 heavy (non-hydrogen) atoms. The van der Waals surface area contributed by atoms with Gasteiger partial charge < -0.3 is 39.0 Å². The summed E-state index contributed by atoms with van der Waals surface area (Å²) in [4.78, 5) is 30.8. The highest BCUT2D eigenvalue weighted by molar-refractivity contribution is 5.96. The molecular weight excluding hydrogens is 985 g/mol. The summed E-state index contributed by atoms with van der Waals surface area (Å²) in [6.07, 6.45) is 7.01. The first-order chi connectivity index (χ1) is 38.2. The number of amides is 2. The monoisotopic (exact) mass is 1060 g/mol. The summed E-state index contributed by atoms with van der Waals surface area (Å²) in [5.41, 5.74) is 21.5. The number of rotatable bonds is 19. The lowest BCUT2D eigenvalue weighted by Gasteiger charge is -2.23. The largest absolute Gasteiger partial charge is 0.496 e. The van der Waals surface area contributed by atoms with Crippen LogP contribution in [0.4, 0.5) is 0 Å². The average Bonchev–Trinajstić information content (AvgIpc) is 4.19. The summed E-state index contributed by atoms with van der Waals surface area (Å²) < 4.78 is 24.1. The summed E-state index contributed by atoms with van der Waals surface area (Å²) in [7, 11) is 6.97. The van der Waals surface area contributed by atoms with Crippen LogP contribution in [0.5, 0.6) is 23.0 Å². The van der Waals surface area contributed by atoms with Crippen molar-refractivity contribution in [2.75, 3.05) is 54.7 Å². The van der Waals surface area contributed by atoms with Crippen molar-refractivity contribution in [1.82, 2.24) is 9.80 Å². The fourth-order valence-corrected chi connectivity index (χ4v) is 12.2. The van der Waals surface area contributed by atoms with Crippen LogP contribution in [0.15, 0.2) is 109 Å². The number of hydrogen-bond acceptors (Lipinski definition) is 8. The zero-order valence-electron chi connectivity index (χ0n) is 48.0. The minimum Gasteiger partial charge on any atom is -0.496 e. The van der Waals surface area contributed by atoms with Gasteiger partial charge in [-0.05, 0) is 228 Å². The van der Waals surface area contributed by atoms with Crippen molar-refractivity contribution in [3.63, 3.8) is 0 Å². The lowest BCUT2D eigenvalue weighted by atomic mass is 9.86. The Labute approximate surface area is 468 Å². The van der Waals surface area contributed by atoms with Crippen molar-refractivity contribution in [2.45, 2.75) is 111 Å². The average molecular weight is 1060 g/mol. The molecule has 0 saturated carbocycles. The second-order valence-electron chi connectivity index (χ2n) is 21.9.